The number of ether oxygens (including phenoxy) is 1. The van der Waals surface area contributed by atoms with Crippen LogP contribution in [0.1, 0.15) is 70.8 Å². The van der Waals surface area contributed by atoms with E-state index in [-0.39, 0.29) is 24.3 Å². The van der Waals surface area contributed by atoms with Gasteiger partial charge in [-0.1, -0.05) is 82.7 Å². The maximum atomic E-state index is 12.1. The Morgan fingerprint density at radius 3 is 2.27 bits per heavy atom. The van der Waals surface area contributed by atoms with Gasteiger partial charge in [0.1, 0.15) is 6.61 Å². The van der Waals surface area contributed by atoms with Gasteiger partial charge in [-0.05, 0) is 18.4 Å². The van der Waals surface area contributed by atoms with Gasteiger partial charge in [0.2, 0.25) is 0 Å². The van der Waals surface area contributed by atoms with Crippen molar-refractivity contribution < 1.29 is 9.53 Å². The molecule has 0 aliphatic heterocycles. The lowest BCUT2D eigenvalue weighted by molar-refractivity contribution is -0.150. The van der Waals surface area contributed by atoms with Crippen molar-refractivity contribution in [2.75, 3.05) is 0 Å². The van der Waals surface area contributed by atoms with Crippen LogP contribution < -0.4 is 0 Å². The minimum atomic E-state index is -0.0325. The van der Waals surface area contributed by atoms with Crippen LogP contribution >= 0.6 is 12.4 Å². The van der Waals surface area contributed by atoms with Crippen molar-refractivity contribution in [1.82, 2.24) is 0 Å². The first-order valence-electron chi connectivity index (χ1n) is 8.48. The number of carbonyl (C=O) groups is 1. The monoisotopic (exact) mass is 326 g/mol. The first kappa shape index (κ1) is 21.0. The summed E-state index contributed by atoms with van der Waals surface area (Å²) in [5, 5.41) is 0. The Hall–Kier alpha value is -1.02. The van der Waals surface area contributed by atoms with Gasteiger partial charge < -0.3 is 4.74 Å². The van der Waals surface area contributed by atoms with Gasteiger partial charge in [-0.15, -0.1) is 12.4 Å². The molecular weight excluding hydrogens is 296 g/mol. The van der Waals surface area contributed by atoms with E-state index in [1.165, 1.54) is 32.1 Å². The fraction of sp³-hybridized carbons (Fsp3) is 0.632. The molecule has 0 aliphatic rings. The smallest absolute Gasteiger partial charge is 0.309 e. The third-order valence-corrected chi connectivity index (χ3v) is 3.96. The molecule has 0 heterocycles. The molecule has 22 heavy (non-hydrogen) atoms. The summed E-state index contributed by atoms with van der Waals surface area (Å²) in [6.45, 7) is 4.70. The Kier molecular flexibility index (Phi) is 13.0. The summed E-state index contributed by atoms with van der Waals surface area (Å²) in [5.41, 5.74) is 1.06. The van der Waals surface area contributed by atoms with Gasteiger partial charge in [0.15, 0.2) is 0 Å². The number of unbranched alkanes of at least 4 members (excludes halogenated alkanes) is 5. The van der Waals surface area contributed by atoms with E-state index in [1.54, 1.807) is 0 Å². The van der Waals surface area contributed by atoms with E-state index in [4.69, 9.17) is 4.74 Å². The van der Waals surface area contributed by atoms with E-state index in [2.05, 4.69) is 13.8 Å². The molecular formula is C19H31ClO2. The topological polar surface area (TPSA) is 26.3 Å². The zero-order chi connectivity index (χ0) is 15.3. The Bertz CT molecular complexity index is 378. The number of hydrogen-bond donors (Lipinski definition) is 0. The first-order valence-corrected chi connectivity index (χ1v) is 8.48. The molecule has 0 amide bonds. The summed E-state index contributed by atoms with van der Waals surface area (Å²) in [6, 6.07) is 9.89. The van der Waals surface area contributed by atoms with Gasteiger partial charge >= 0.3 is 5.97 Å². The Morgan fingerprint density at radius 2 is 1.64 bits per heavy atom. The fourth-order valence-electron chi connectivity index (χ4n) is 2.51. The molecule has 1 unspecified atom stereocenters. The summed E-state index contributed by atoms with van der Waals surface area (Å²) in [5.74, 6) is 0.0369. The van der Waals surface area contributed by atoms with E-state index < -0.39 is 0 Å². The summed E-state index contributed by atoms with van der Waals surface area (Å²) in [6.07, 6.45) is 9.46. The van der Waals surface area contributed by atoms with Crippen molar-refractivity contribution in [2.24, 2.45) is 5.92 Å². The Balaban J connectivity index is 0.00000441. The third kappa shape index (κ3) is 9.09. The lowest BCUT2D eigenvalue weighted by atomic mass is 9.98. The summed E-state index contributed by atoms with van der Waals surface area (Å²) < 4.78 is 5.44. The molecule has 1 rings (SSSR count). The van der Waals surface area contributed by atoms with Crippen LogP contribution in [0.3, 0.4) is 0 Å². The highest BCUT2D eigenvalue weighted by Gasteiger charge is 2.17. The SMILES string of the molecule is CCCCCCCCC(CC)C(=O)OCc1ccccc1.Cl. The number of hydrogen-bond acceptors (Lipinski definition) is 2. The van der Waals surface area contributed by atoms with Crippen molar-refractivity contribution in [2.45, 2.75) is 71.8 Å². The largest absolute Gasteiger partial charge is 0.461 e. The highest BCUT2D eigenvalue weighted by molar-refractivity contribution is 5.85. The molecule has 0 saturated heterocycles. The standard InChI is InChI=1S/C19H30O2.ClH/c1-3-5-6-7-8-12-15-18(4-2)19(20)21-16-17-13-10-9-11-14-17;/h9-11,13-14,18H,3-8,12,15-16H2,1-2H3;1H. The lowest BCUT2D eigenvalue weighted by Crippen LogP contribution is -2.17. The summed E-state index contributed by atoms with van der Waals surface area (Å²) in [4.78, 5) is 12.1. The Labute approximate surface area is 142 Å². The number of halogens is 1. The molecule has 0 spiro atoms. The molecule has 0 aliphatic carbocycles. The number of benzene rings is 1. The molecule has 0 aromatic heterocycles. The van der Waals surface area contributed by atoms with Gasteiger partial charge in [0.25, 0.3) is 0 Å². The number of carbonyl (C=O) groups excluding carboxylic acids is 1. The van der Waals surface area contributed by atoms with E-state index in [9.17, 15) is 4.79 Å². The average molecular weight is 327 g/mol. The predicted molar refractivity (Wildman–Crippen MR) is 95.3 cm³/mol. The van der Waals surface area contributed by atoms with Crippen LogP contribution in [0.4, 0.5) is 0 Å². The highest BCUT2D eigenvalue weighted by Crippen LogP contribution is 2.17. The quantitative estimate of drug-likeness (QED) is 0.372. The summed E-state index contributed by atoms with van der Waals surface area (Å²) >= 11 is 0. The van der Waals surface area contributed by atoms with Crippen molar-refractivity contribution in [3.8, 4) is 0 Å². The second-order valence-electron chi connectivity index (χ2n) is 5.75. The molecule has 1 aromatic carbocycles. The predicted octanol–water partition coefficient (Wildman–Crippen LogP) is 5.93. The van der Waals surface area contributed by atoms with Crippen LogP contribution in [-0.2, 0) is 16.1 Å². The second-order valence-corrected chi connectivity index (χ2v) is 5.75. The maximum Gasteiger partial charge on any atom is 0.309 e. The second kappa shape index (κ2) is 13.6. The normalized spacial score (nSPS) is 11.5. The van der Waals surface area contributed by atoms with Crippen LogP contribution in [-0.4, -0.2) is 5.97 Å². The van der Waals surface area contributed by atoms with E-state index in [0.717, 1.165) is 24.8 Å². The van der Waals surface area contributed by atoms with Crippen LogP contribution in [0.15, 0.2) is 30.3 Å². The molecule has 1 atom stereocenters. The highest BCUT2D eigenvalue weighted by atomic mass is 35.5. The van der Waals surface area contributed by atoms with Crippen LogP contribution in [0.5, 0.6) is 0 Å². The minimum absolute atomic E-state index is 0. The molecule has 0 saturated carbocycles. The molecule has 0 N–H and O–H groups in total. The zero-order valence-corrected chi connectivity index (χ0v) is 14.9. The Morgan fingerprint density at radius 1 is 1.00 bits per heavy atom. The zero-order valence-electron chi connectivity index (χ0n) is 14.1. The molecule has 0 bridgehead atoms. The van der Waals surface area contributed by atoms with Crippen LogP contribution in [0.2, 0.25) is 0 Å². The van der Waals surface area contributed by atoms with Crippen molar-refractivity contribution in [1.29, 1.82) is 0 Å². The van der Waals surface area contributed by atoms with Crippen molar-refractivity contribution >= 4 is 18.4 Å². The molecule has 3 heteroatoms. The van der Waals surface area contributed by atoms with Gasteiger partial charge in [-0.3, -0.25) is 4.79 Å². The van der Waals surface area contributed by atoms with Crippen molar-refractivity contribution in [3.05, 3.63) is 35.9 Å². The number of rotatable bonds is 11. The average Bonchev–Trinajstić information content (AvgIpc) is 2.53. The van der Waals surface area contributed by atoms with Crippen molar-refractivity contribution in [3.63, 3.8) is 0 Å². The van der Waals surface area contributed by atoms with Gasteiger partial charge in [0.05, 0.1) is 5.92 Å². The van der Waals surface area contributed by atoms with E-state index in [0.29, 0.717) is 6.61 Å². The third-order valence-electron chi connectivity index (χ3n) is 3.96. The number of esters is 1. The maximum absolute atomic E-state index is 12.1. The molecule has 2 nitrogen and oxygen atoms in total. The lowest BCUT2D eigenvalue weighted by Gasteiger charge is -2.14. The minimum Gasteiger partial charge on any atom is -0.461 e. The molecule has 1 aromatic rings. The fourth-order valence-corrected chi connectivity index (χ4v) is 2.51. The van der Waals surface area contributed by atoms with Gasteiger partial charge in [-0.2, -0.15) is 0 Å². The van der Waals surface area contributed by atoms with Gasteiger partial charge in [0, 0.05) is 0 Å². The first-order chi connectivity index (χ1) is 10.3. The van der Waals surface area contributed by atoms with E-state index >= 15 is 0 Å². The molecule has 0 radical (unpaired) electrons. The molecule has 0 fully saturated rings. The van der Waals surface area contributed by atoms with Gasteiger partial charge in [-0.25, -0.2) is 0 Å². The van der Waals surface area contributed by atoms with E-state index in [1.807, 2.05) is 30.3 Å². The van der Waals surface area contributed by atoms with Crippen LogP contribution in [0, 0.1) is 5.92 Å². The van der Waals surface area contributed by atoms with Crippen LogP contribution in [0.25, 0.3) is 0 Å². The molecule has 126 valence electrons. The summed E-state index contributed by atoms with van der Waals surface area (Å²) in [7, 11) is 0.